The number of amides is 19. The molecule has 142 heavy (non-hydrogen) atoms. The van der Waals surface area contributed by atoms with Crippen LogP contribution in [-0.4, -0.2) is 290 Å². The summed E-state index contributed by atoms with van der Waals surface area (Å²) in [6.07, 6.45) is 12.7. The molecule has 0 radical (unpaired) electrons. The quantitative estimate of drug-likeness (QED) is 0.0284. The summed E-state index contributed by atoms with van der Waals surface area (Å²) in [5.41, 5.74) is 12.9. The van der Waals surface area contributed by atoms with Crippen molar-refractivity contribution in [3.63, 3.8) is 0 Å². The van der Waals surface area contributed by atoms with Gasteiger partial charge in [0.2, 0.25) is 53.2 Å². The average Bonchev–Trinajstić information content (AvgIpc) is 1.53. The summed E-state index contributed by atoms with van der Waals surface area (Å²) in [7, 11) is 3.48. The molecule has 782 valence electrons. The van der Waals surface area contributed by atoms with Crippen molar-refractivity contribution in [1.82, 2.24) is 62.1 Å². The highest BCUT2D eigenvalue weighted by atomic mass is 16.5. The van der Waals surface area contributed by atoms with Gasteiger partial charge in [-0.2, -0.15) is 0 Å². The molecule has 3 aliphatic heterocycles. The van der Waals surface area contributed by atoms with E-state index in [4.69, 9.17) is 35.2 Å². The maximum atomic E-state index is 13.5. The zero-order chi connectivity index (χ0) is 105. The van der Waals surface area contributed by atoms with Gasteiger partial charge in [-0.05, 0) is 102 Å². The van der Waals surface area contributed by atoms with E-state index in [0.717, 1.165) is 46.9 Å². The minimum atomic E-state index is -0.796. The van der Waals surface area contributed by atoms with Crippen LogP contribution in [0.15, 0.2) is 91.1 Å². The van der Waals surface area contributed by atoms with Crippen molar-refractivity contribution in [1.29, 1.82) is 0 Å². The van der Waals surface area contributed by atoms with Gasteiger partial charge in [0.25, 0.3) is 35.4 Å². The van der Waals surface area contributed by atoms with E-state index >= 15 is 0 Å². The van der Waals surface area contributed by atoms with E-state index < -0.39 is 89.3 Å². The SMILES string of the molecule is CC(=O)NCCCC[C@H](CC(=O)[C@H](C)NC(C)=O)C(=O)Nc1ccc(CO)c(OCCOCCNC(=O)CCN2C(=O)C=CC2=O)c1.CC(=O)N[C@H](C(=O)C[C@@H](CCCNC(N)=O)C(=O)Nc1ccc(CO)c(OCCCCCCN2C(=O)C=CC2=O)c1)C(C)C.CC(C)[C@H](NC(=O)CN(C)C)C(=O)C[C@@H](CCCNC(N)=O)C(=O)Nc1ccc(CO)c(OCCOCCNC(=O)CCN2C(=O)C=CC2=O)c1. The molecule has 0 bridgehead atoms. The van der Waals surface area contributed by atoms with Crippen molar-refractivity contribution >= 4 is 135 Å². The number of nitrogens with zero attached hydrogens (tertiary/aromatic N) is 4. The fraction of sp³-hybridized carbons (Fsp3) is 0.546. The molecule has 45 heteroatoms. The van der Waals surface area contributed by atoms with Gasteiger partial charge >= 0.3 is 12.1 Å². The summed E-state index contributed by atoms with van der Waals surface area (Å²) in [4.78, 5) is 246. The minimum absolute atomic E-state index is 0.00553. The van der Waals surface area contributed by atoms with Crippen LogP contribution in [0.4, 0.5) is 26.7 Å². The minimum Gasteiger partial charge on any atom is -0.493 e. The predicted octanol–water partition coefficient (Wildman–Crippen LogP) is 2.19. The second kappa shape index (κ2) is 66.0. The summed E-state index contributed by atoms with van der Waals surface area (Å²) in [5.74, 6) is -7.87. The number of anilines is 3. The molecular weight excluding hydrogens is 1850 g/mol. The van der Waals surface area contributed by atoms with E-state index in [1.807, 2.05) is 27.7 Å². The van der Waals surface area contributed by atoms with E-state index in [0.29, 0.717) is 116 Å². The Labute approximate surface area is 825 Å². The van der Waals surface area contributed by atoms with Crippen LogP contribution in [-0.2, 0) is 116 Å². The van der Waals surface area contributed by atoms with Crippen molar-refractivity contribution in [3.8, 4) is 17.2 Å². The number of hydrogen-bond acceptors (Lipinski definition) is 29. The molecule has 0 spiro atoms. The predicted molar refractivity (Wildman–Crippen MR) is 519 cm³/mol. The number of nitrogens with one attached hydrogen (secondary N) is 11. The molecule has 0 saturated heterocycles. The number of imide groups is 3. The van der Waals surface area contributed by atoms with Gasteiger partial charge in [0.05, 0.1) is 77.5 Å². The molecule has 6 rings (SSSR count). The molecule has 0 fully saturated rings. The number of ketones is 3. The Kier molecular flexibility index (Phi) is 56.1. The first kappa shape index (κ1) is 121. The van der Waals surface area contributed by atoms with Crippen molar-refractivity contribution in [2.75, 3.05) is 135 Å². The van der Waals surface area contributed by atoms with Crippen LogP contribution in [0.3, 0.4) is 0 Å². The standard InChI is InChI=1S/C34H51N7O10.C32H45N5O10.C31H45N5O8/c1-22(2)32(39-29(45)20-40(3)4)26(43)18-23(6-5-12-37-34(35)49)33(48)38-25-8-7-24(21-42)27(19-25)51-17-16-50-15-13-36-28(44)11-14-41-30(46)9-10-31(41)47;1-21(35-23(3)40)27(41)18-24(6-4-5-12-33-22(2)39)32(45)36-26-8-7-25(20-38)28(19-26)47-17-16-46-15-13-34-29(42)11-14-37-30(43)9-10-31(37)44;1-20(2)29(34-21(3)38)25(39)17-22(9-8-14-33-31(32)43)30(42)35-24-11-10-23(19-37)26(18-24)44-16-7-5-4-6-15-36-27(40)12-13-28(36)41/h7-10,19,22-23,32,42H,5-6,11-18,20-21H2,1-4H3,(H,36,44)(H,38,48)(H,39,45)(H3,35,37,49);7-10,19,21,24,38H,4-6,11-18,20H2,1-3H3,(H,33,39)(H,34,42)(H,35,40)(H,36,45);10-13,18,20,22,29,37H,4-9,14-17,19H2,1-3H3,(H,34,38)(H,35,42)(H3,32,33,43)/t23-,32+;21-,24+;22-,29+/m101/s1. The molecule has 3 heterocycles. The number of benzene rings is 3. The highest BCUT2D eigenvalue weighted by molar-refractivity contribution is 6.14. The molecule has 3 aliphatic rings. The molecule has 19 amide bonds. The largest absolute Gasteiger partial charge is 0.493 e. The number of unbranched alkanes of at least 4 members (excludes halogenated alkanes) is 4. The highest BCUT2D eigenvalue weighted by Gasteiger charge is 2.34. The second-order valence-electron chi connectivity index (χ2n) is 34.6. The number of aliphatic hydroxyl groups excluding tert-OH is 3. The van der Waals surface area contributed by atoms with Gasteiger partial charge in [0.15, 0.2) is 17.3 Å². The van der Waals surface area contributed by atoms with E-state index in [9.17, 15) is 111 Å². The van der Waals surface area contributed by atoms with Crippen molar-refractivity contribution in [2.45, 2.75) is 196 Å². The molecule has 0 aromatic heterocycles. The number of Topliss-reactive ketones (excluding diaryl/α,β-unsaturated/α-hetero) is 3. The lowest BCUT2D eigenvalue weighted by Gasteiger charge is -2.24. The average molecular weight is 1990 g/mol. The van der Waals surface area contributed by atoms with Gasteiger partial charge in [-0.3, -0.25) is 101 Å². The molecule has 18 N–H and O–H groups in total. The van der Waals surface area contributed by atoms with Crippen LogP contribution in [0, 0.1) is 29.6 Å². The Morgan fingerprint density at radius 1 is 0.366 bits per heavy atom. The fourth-order valence-electron chi connectivity index (χ4n) is 14.4. The topological polar surface area (TPSA) is 646 Å². The Morgan fingerprint density at radius 2 is 0.718 bits per heavy atom. The van der Waals surface area contributed by atoms with Crippen LogP contribution in [0.2, 0.25) is 0 Å². The van der Waals surface area contributed by atoms with Crippen LogP contribution < -0.4 is 84.2 Å². The lowest BCUT2D eigenvalue weighted by Crippen LogP contribution is -2.48. The Hall–Kier alpha value is -13.8. The number of carbonyl (C=O) groups is 20. The lowest BCUT2D eigenvalue weighted by atomic mass is 9.89. The molecule has 0 saturated carbocycles. The van der Waals surface area contributed by atoms with Crippen LogP contribution >= 0.6 is 0 Å². The highest BCUT2D eigenvalue weighted by Crippen LogP contribution is 2.30. The number of ether oxygens (including phenoxy) is 5. The first-order valence-electron chi connectivity index (χ1n) is 47.2. The van der Waals surface area contributed by atoms with Gasteiger partial charge in [0.1, 0.15) is 30.5 Å². The Bertz CT molecular complexity index is 4830. The first-order valence-corrected chi connectivity index (χ1v) is 47.2. The third kappa shape index (κ3) is 47.5. The Balaban J connectivity index is 0.000000445. The lowest BCUT2D eigenvalue weighted by molar-refractivity contribution is -0.139. The number of nitrogens with two attached hydrogens (primary N) is 2. The summed E-state index contributed by atoms with van der Waals surface area (Å²) in [6, 6.07) is 10.7. The van der Waals surface area contributed by atoms with Crippen molar-refractivity contribution in [3.05, 3.63) is 108 Å². The normalized spacial score (nSPS) is 13.7. The van der Waals surface area contributed by atoms with Crippen molar-refractivity contribution in [2.24, 2.45) is 41.1 Å². The smallest absolute Gasteiger partial charge is 0.312 e. The number of hydrogen-bond donors (Lipinski definition) is 16. The summed E-state index contributed by atoms with van der Waals surface area (Å²) < 4.78 is 28.4. The molecule has 3 aromatic carbocycles. The van der Waals surface area contributed by atoms with E-state index in [1.165, 1.54) is 37.8 Å². The summed E-state index contributed by atoms with van der Waals surface area (Å²) in [5, 5.41) is 58.7. The molecular formula is C97H141N17O28. The maximum Gasteiger partial charge on any atom is 0.312 e. The van der Waals surface area contributed by atoms with Gasteiger partial charge in [-0.25, -0.2) is 9.59 Å². The number of rotatable bonds is 66. The van der Waals surface area contributed by atoms with Gasteiger partial charge in [-0.15, -0.1) is 0 Å². The van der Waals surface area contributed by atoms with Crippen LogP contribution in [0.5, 0.6) is 17.2 Å². The van der Waals surface area contributed by atoms with Gasteiger partial charge in [-0.1, -0.05) is 65.2 Å². The molecule has 6 atom stereocenters. The number of likely N-dealkylation sites (N-methyl/N-ethyl adjacent to an activating group) is 1. The third-order valence-corrected chi connectivity index (χ3v) is 21.9. The van der Waals surface area contributed by atoms with Crippen LogP contribution in [0.1, 0.15) is 175 Å². The maximum absolute atomic E-state index is 13.5. The molecule has 3 aromatic rings. The summed E-state index contributed by atoms with van der Waals surface area (Å²) >= 11 is 0. The van der Waals surface area contributed by atoms with Gasteiger partial charge < -0.3 is 114 Å². The summed E-state index contributed by atoms with van der Waals surface area (Å²) in [6.45, 7) is 14.9. The van der Waals surface area contributed by atoms with E-state index in [2.05, 4.69) is 58.5 Å². The van der Waals surface area contributed by atoms with Gasteiger partial charge in [0, 0.05) is 211 Å². The number of urea groups is 2. The molecule has 0 aliphatic carbocycles. The zero-order valence-electron chi connectivity index (χ0n) is 82.5. The monoisotopic (exact) mass is 1990 g/mol. The zero-order valence-corrected chi connectivity index (χ0v) is 82.5. The third-order valence-electron chi connectivity index (χ3n) is 21.9. The first-order chi connectivity index (χ1) is 67.5. The van der Waals surface area contributed by atoms with E-state index in [1.54, 1.807) is 80.5 Å². The number of aliphatic hydroxyl groups is 3. The number of carbonyl (C=O) groups excluding carboxylic acids is 20. The molecule has 0 unspecified atom stereocenters. The second-order valence-corrected chi connectivity index (χ2v) is 34.6. The number of primary amides is 2. The van der Waals surface area contributed by atoms with Crippen LogP contribution in [0.25, 0.3) is 0 Å². The van der Waals surface area contributed by atoms with Crippen molar-refractivity contribution < 1.29 is 135 Å². The fourth-order valence-corrected chi connectivity index (χ4v) is 14.4. The Morgan fingerprint density at radius 3 is 1.08 bits per heavy atom. The van der Waals surface area contributed by atoms with E-state index in [-0.39, 0.29) is 227 Å². The molecule has 45 nitrogen and oxygen atoms in total.